The van der Waals surface area contributed by atoms with E-state index in [1.165, 1.54) is 25.9 Å². The van der Waals surface area contributed by atoms with Gasteiger partial charge in [0.1, 0.15) is 23.3 Å². The van der Waals surface area contributed by atoms with Gasteiger partial charge in [-0.05, 0) is 88.7 Å². The van der Waals surface area contributed by atoms with Gasteiger partial charge in [0.15, 0.2) is 0 Å². The largest absolute Gasteiger partial charge is 0.497 e. The van der Waals surface area contributed by atoms with Gasteiger partial charge in [0, 0.05) is 33.2 Å². The van der Waals surface area contributed by atoms with Gasteiger partial charge in [-0.25, -0.2) is 8.51 Å². The van der Waals surface area contributed by atoms with Crippen molar-refractivity contribution < 1.29 is 23.2 Å². The summed E-state index contributed by atoms with van der Waals surface area (Å²) in [6, 6.07) is 4.04. The highest BCUT2D eigenvalue weighted by atomic mass is 32.2. The molecular formula is C27H45N3O5S. The van der Waals surface area contributed by atoms with Crippen LogP contribution in [0.4, 0.5) is 0 Å². The molecule has 1 aliphatic carbocycles. The summed E-state index contributed by atoms with van der Waals surface area (Å²) in [6.45, 7) is 9.01. The maximum Gasteiger partial charge on any atom is 0.248 e. The van der Waals surface area contributed by atoms with Crippen molar-refractivity contribution in [3.8, 4) is 5.75 Å². The first-order chi connectivity index (χ1) is 17.3. The van der Waals surface area contributed by atoms with Gasteiger partial charge in [0.25, 0.3) is 0 Å². The normalized spacial score (nSPS) is 21.6. The van der Waals surface area contributed by atoms with Crippen LogP contribution < -0.4 is 4.74 Å². The Hall–Kier alpha value is -1.52. The van der Waals surface area contributed by atoms with Crippen LogP contribution in [-0.2, 0) is 25.3 Å². The Morgan fingerprint density at radius 3 is 2.31 bits per heavy atom. The number of rotatable bonds is 13. The fraction of sp³-hybridized carbons (Fsp3) is 0.741. The predicted molar refractivity (Wildman–Crippen MR) is 143 cm³/mol. The zero-order chi connectivity index (χ0) is 26.1. The van der Waals surface area contributed by atoms with Crippen LogP contribution in [0.15, 0.2) is 17.0 Å². The molecule has 1 heterocycles. The Bertz CT molecular complexity index is 846. The molecule has 1 aliphatic heterocycles. The number of ether oxygens (including phenoxy) is 3. The molecule has 1 saturated heterocycles. The molecule has 1 atom stereocenters. The molecular weight excluding hydrogens is 478 g/mol. The monoisotopic (exact) mass is 523 g/mol. The molecule has 0 N–H and O–H groups in total. The summed E-state index contributed by atoms with van der Waals surface area (Å²) in [5.74, 6) is 0.761. The Morgan fingerprint density at radius 1 is 1.06 bits per heavy atom. The van der Waals surface area contributed by atoms with E-state index in [-0.39, 0.29) is 18.6 Å². The minimum atomic E-state index is -1.31. The zero-order valence-corrected chi connectivity index (χ0v) is 23.6. The van der Waals surface area contributed by atoms with E-state index in [0.29, 0.717) is 19.3 Å². The molecule has 1 aromatic rings. The first-order valence-electron chi connectivity index (χ1n) is 13.3. The standard InChI is InChI=1S/C27H45N3O5S/c1-21-18-25(33-5)19-22(2)27(21)36(32)28(3)14-16-34-20-26(31)29(4)23-8-10-24(11-9-23)35-17-15-30-12-6-7-13-30/h18-19,23-24H,6-17,20H2,1-5H3. The second-order valence-electron chi connectivity index (χ2n) is 10.1. The number of carbonyl (C=O) groups excluding carboxylic acids is 1. The quantitative estimate of drug-likeness (QED) is 0.370. The molecule has 8 nitrogen and oxygen atoms in total. The molecule has 1 saturated carbocycles. The summed E-state index contributed by atoms with van der Waals surface area (Å²) in [5, 5.41) is 0. The van der Waals surface area contributed by atoms with Gasteiger partial charge in [0.05, 0.1) is 31.3 Å². The molecule has 1 aromatic carbocycles. The van der Waals surface area contributed by atoms with E-state index < -0.39 is 11.0 Å². The van der Waals surface area contributed by atoms with Crippen LogP contribution in [0.2, 0.25) is 0 Å². The van der Waals surface area contributed by atoms with Crippen molar-refractivity contribution in [3.05, 3.63) is 23.3 Å². The highest BCUT2D eigenvalue weighted by Gasteiger charge is 2.27. The molecule has 0 aromatic heterocycles. The third-order valence-electron chi connectivity index (χ3n) is 7.45. The Kier molecular flexibility index (Phi) is 11.6. The van der Waals surface area contributed by atoms with Crippen LogP contribution >= 0.6 is 0 Å². The summed E-state index contributed by atoms with van der Waals surface area (Å²) >= 11 is 0. The molecule has 9 heteroatoms. The SMILES string of the molecule is COc1cc(C)c(S(=O)N(C)CCOCC(=O)N(C)C2CCC(OCCN3CCCC3)CC2)c(C)c1. The van der Waals surface area contributed by atoms with Crippen LogP contribution in [0.3, 0.4) is 0 Å². The van der Waals surface area contributed by atoms with E-state index in [2.05, 4.69) is 4.90 Å². The number of hydrogen-bond donors (Lipinski definition) is 0. The fourth-order valence-electron chi connectivity index (χ4n) is 5.15. The smallest absolute Gasteiger partial charge is 0.248 e. The van der Waals surface area contributed by atoms with E-state index in [1.807, 2.05) is 45.0 Å². The molecule has 1 unspecified atom stereocenters. The molecule has 1 amide bonds. The minimum absolute atomic E-state index is 0.000907. The van der Waals surface area contributed by atoms with E-state index in [0.717, 1.165) is 60.6 Å². The van der Waals surface area contributed by atoms with Crippen molar-refractivity contribution in [3.63, 3.8) is 0 Å². The predicted octanol–water partition coefficient (Wildman–Crippen LogP) is 3.17. The molecule has 0 spiro atoms. The average molecular weight is 524 g/mol. The van der Waals surface area contributed by atoms with Crippen molar-refractivity contribution in [1.82, 2.24) is 14.1 Å². The molecule has 0 radical (unpaired) electrons. The lowest BCUT2D eigenvalue weighted by atomic mass is 9.92. The Labute approximate surface area is 219 Å². The summed E-state index contributed by atoms with van der Waals surface area (Å²) in [4.78, 5) is 17.8. The third-order valence-corrected chi connectivity index (χ3v) is 9.19. The maximum atomic E-state index is 13.0. The number of benzene rings is 1. The zero-order valence-electron chi connectivity index (χ0n) is 22.8. The van der Waals surface area contributed by atoms with E-state index in [9.17, 15) is 9.00 Å². The Morgan fingerprint density at radius 2 is 1.69 bits per heavy atom. The highest BCUT2D eigenvalue weighted by Crippen LogP contribution is 2.26. The molecule has 36 heavy (non-hydrogen) atoms. The first kappa shape index (κ1) is 29.0. The number of amides is 1. The number of likely N-dealkylation sites (N-methyl/N-ethyl adjacent to an activating group) is 2. The first-order valence-corrected chi connectivity index (χ1v) is 14.4. The average Bonchev–Trinajstić information content (AvgIpc) is 3.39. The number of methoxy groups -OCH3 is 1. The van der Waals surface area contributed by atoms with Gasteiger partial charge in [-0.15, -0.1) is 0 Å². The maximum absolute atomic E-state index is 13.0. The number of carbonyl (C=O) groups is 1. The second kappa shape index (κ2) is 14.4. The van der Waals surface area contributed by atoms with Crippen LogP contribution in [-0.4, -0.2) is 104 Å². The lowest BCUT2D eigenvalue weighted by molar-refractivity contribution is -0.138. The van der Waals surface area contributed by atoms with Crippen molar-refractivity contribution in [1.29, 1.82) is 0 Å². The van der Waals surface area contributed by atoms with Gasteiger partial charge in [0.2, 0.25) is 5.91 Å². The number of hydrogen-bond acceptors (Lipinski definition) is 6. The third kappa shape index (κ3) is 8.25. The molecule has 2 aliphatic rings. The summed E-state index contributed by atoms with van der Waals surface area (Å²) in [5.41, 5.74) is 1.86. The molecule has 3 rings (SSSR count). The summed E-state index contributed by atoms with van der Waals surface area (Å²) in [6.07, 6.45) is 6.90. The summed E-state index contributed by atoms with van der Waals surface area (Å²) in [7, 11) is 4.01. The van der Waals surface area contributed by atoms with E-state index in [1.54, 1.807) is 11.4 Å². The van der Waals surface area contributed by atoms with Crippen molar-refractivity contribution in [2.45, 2.75) is 69.4 Å². The number of aryl methyl sites for hydroxylation is 2. The van der Waals surface area contributed by atoms with Gasteiger partial charge in [-0.1, -0.05) is 0 Å². The van der Waals surface area contributed by atoms with Crippen LogP contribution in [0.25, 0.3) is 0 Å². The van der Waals surface area contributed by atoms with Gasteiger partial charge in [-0.3, -0.25) is 4.79 Å². The van der Waals surface area contributed by atoms with E-state index in [4.69, 9.17) is 14.2 Å². The van der Waals surface area contributed by atoms with Crippen LogP contribution in [0.1, 0.15) is 49.7 Å². The molecule has 2 fully saturated rings. The lowest BCUT2D eigenvalue weighted by Crippen LogP contribution is -2.42. The van der Waals surface area contributed by atoms with Crippen molar-refractivity contribution in [2.75, 3.05) is 67.2 Å². The van der Waals surface area contributed by atoms with E-state index >= 15 is 0 Å². The Balaban J connectivity index is 1.32. The fourth-order valence-corrected chi connectivity index (χ4v) is 6.38. The summed E-state index contributed by atoms with van der Waals surface area (Å²) < 4.78 is 31.9. The van der Waals surface area contributed by atoms with Gasteiger partial charge in [-0.2, -0.15) is 0 Å². The minimum Gasteiger partial charge on any atom is -0.497 e. The molecule has 204 valence electrons. The highest BCUT2D eigenvalue weighted by molar-refractivity contribution is 7.82. The van der Waals surface area contributed by atoms with Crippen LogP contribution in [0.5, 0.6) is 5.75 Å². The van der Waals surface area contributed by atoms with Crippen molar-refractivity contribution >= 4 is 16.9 Å². The number of nitrogens with zero attached hydrogens (tertiary/aromatic N) is 3. The van der Waals surface area contributed by atoms with Crippen molar-refractivity contribution in [2.24, 2.45) is 0 Å². The van der Waals surface area contributed by atoms with Gasteiger partial charge >= 0.3 is 0 Å². The topological polar surface area (TPSA) is 71.5 Å². The second-order valence-corrected chi connectivity index (χ2v) is 11.6. The lowest BCUT2D eigenvalue weighted by Gasteiger charge is -2.34. The van der Waals surface area contributed by atoms with Crippen LogP contribution in [0, 0.1) is 13.8 Å². The number of likely N-dealkylation sites (tertiary alicyclic amines) is 1. The molecule has 0 bridgehead atoms. The van der Waals surface area contributed by atoms with Gasteiger partial charge < -0.3 is 24.0 Å².